The molecule has 0 aliphatic heterocycles. The van der Waals surface area contributed by atoms with Crippen LogP contribution in [-0.4, -0.2) is 14.4 Å². The van der Waals surface area contributed by atoms with Crippen molar-refractivity contribution in [1.29, 1.82) is 0 Å². The Labute approximate surface area is 113 Å². The molecule has 1 aliphatic rings. The van der Waals surface area contributed by atoms with Crippen LogP contribution in [-0.2, 0) is 10.5 Å². The number of hydrogen-bond acceptors (Lipinski definition) is 1. The second-order valence-electron chi connectivity index (χ2n) is 6.29. The molecule has 0 amide bonds. The van der Waals surface area contributed by atoms with Crippen molar-refractivity contribution in [3.63, 3.8) is 0 Å². The maximum absolute atomic E-state index is 6.46. The Balaban J connectivity index is 1.90. The minimum absolute atomic E-state index is 0.456. The smallest absolute Gasteiger partial charge is 0.191 e. The molecular formula is C16H26OSi. The first kappa shape index (κ1) is 13.8. The number of benzene rings is 1. The molecule has 2 rings (SSSR count). The largest absolute Gasteiger partial charge is 0.414 e. The van der Waals surface area contributed by atoms with Crippen molar-refractivity contribution in [1.82, 2.24) is 0 Å². The molecule has 2 heteroatoms. The van der Waals surface area contributed by atoms with Crippen LogP contribution in [0, 0.1) is 5.92 Å². The average molecular weight is 262 g/mol. The minimum Gasteiger partial charge on any atom is -0.414 e. The van der Waals surface area contributed by atoms with Gasteiger partial charge in [0.15, 0.2) is 8.32 Å². The lowest BCUT2D eigenvalue weighted by Gasteiger charge is -2.30. The maximum atomic E-state index is 6.46. The Morgan fingerprint density at radius 3 is 2.39 bits per heavy atom. The van der Waals surface area contributed by atoms with Crippen LogP contribution in [0.5, 0.6) is 0 Å². The highest BCUT2D eigenvalue weighted by molar-refractivity contribution is 6.70. The normalized spacial score (nSPS) is 19.1. The fourth-order valence-electron chi connectivity index (χ4n) is 3.16. The summed E-state index contributed by atoms with van der Waals surface area (Å²) >= 11 is 0. The Morgan fingerprint density at radius 2 is 1.78 bits per heavy atom. The Hall–Kier alpha value is -0.603. The van der Waals surface area contributed by atoms with Gasteiger partial charge in [0.1, 0.15) is 0 Å². The van der Waals surface area contributed by atoms with Crippen LogP contribution in [0.1, 0.15) is 38.2 Å². The lowest BCUT2D eigenvalue weighted by Crippen LogP contribution is -2.39. The lowest BCUT2D eigenvalue weighted by atomic mass is 10.0. The van der Waals surface area contributed by atoms with Crippen LogP contribution < -0.4 is 0 Å². The van der Waals surface area contributed by atoms with Gasteiger partial charge in [-0.15, -0.1) is 0 Å². The summed E-state index contributed by atoms with van der Waals surface area (Å²) in [6.45, 7) is 6.99. The zero-order valence-corrected chi connectivity index (χ0v) is 13.0. The average Bonchev–Trinajstić information content (AvgIpc) is 2.82. The first-order valence-corrected chi connectivity index (χ1v) is 10.4. The van der Waals surface area contributed by atoms with Crippen molar-refractivity contribution in [2.45, 2.75) is 57.8 Å². The van der Waals surface area contributed by atoms with Crippen LogP contribution in [0.3, 0.4) is 0 Å². The zero-order chi connectivity index (χ0) is 13.0. The molecule has 1 saturated carbocycles. The highest BCUT2D eigenvalue weighted by Gasteiger charge is 2.30. The minimum atomic E-state index is -1.57. The highest BCUT2D eigenvalue weighted by Crippen LogP contribution is 2.31. The Kier molecular flexibility index (Phi) is 4.63. The zero-order valence-electron chi connectivity index (χ0n) is 12.0. The van der Waals surface area contributed by atoms with Gasteiger partial charge < -0.3 is 4.43 Å². The molecule has 0 saturated heterocycles. The summed E-state index contributed by atoms with van der Waals surface area (Å²) < 4.78 is 6.46. The predicted molar refractivity (Wildman–Crippen MR) is 80.1 cm³/mol. The summed E-state index contributed by atoms with van der Waals surface area (Å²) in [5.74, 6) is 0.813. The molecule has 18 heavy (non-hydrogen) atoms. The summed E-state index contributed by atoms with van der Waals surface area (Å²) in [6.07, 6.45) is 6.00. The van der Waals surface area contributed by atoms with Crippen molar-refractivity contribution in [2.75, 3.05) is 0 Å². The van der Waals surface area contributed by atoms with E-state index in [0.29, 0.717) is 6.10 Å². The third-order valence-corrected chi connectivity index (χ3v) is 6.31. The van der Waals surface area contributed by atoms with Crippen molar-refractivity contribution < 1.29 is 4.43 Å². The topological polar surface area (TPSA) is 9.23 Å². The molecule has 1 fully saturated rings. The summed E-state index contributed by atoms with van der Waals surface area (Å²) in [6, 6.07) is 11.9. The molecular weight excluding hydrogens is 236 g/mol. The predicted octanol–water partition coefficient (Wildman–Crippen LogP) is 4.57. The molecule has 1 aromatic carbocycles. The van der Waals surface area contributed by atoms with E-state index in [-0.39, 0.29) is 0 Å². The van der Waals surface area contributed by atoms with Crippen molar-refractivity contribution in [2.24, 2.45) is 5.92 Å². The molecule has 0 N–H and O–H groups in total. The van der Waals surface area contributed by atoms with Gasteiger partial charge in [0.2, 0.25) is 0 Å². The van der Waals surface area contributed by atoms with Gasteiger partial charge in [-0.05, 0) is 50.4 Å². The van der Waals surface area contributed by atoms with Crippen LogP contribution in [0.2, 0.25) is 13.1 Å². The van der Waals surface area contributed by atoms with Gasteiger partial charge in [-0.25, -0.2) is 0 Å². The molecule has 0 spiro atoms. The molecule has 0 bridgehead atoms. The van der Waals surface area contributed by atoms with E-state index in [4.69, 9.17) is 4.43 Å². The number of rotatable bonds is 5. The SMILES string of the molecule is CC(O[Si](C)(C)Cc1ccccc1)C1CCCC1. The second-order valence-corrected chi connectivity index (χ2v) is 10.4. The molecule has 1 unspecified atom stereocenters. The molecule has 0 aromatic heterocycles. The summed E-state index contributed by atoms with van der Waals surface area (Å²) in [4.78, 5) is 0. The van der Waals surface area contributed by atoms with Gasteiger partial charge in [-0.3, -0.25) is 0 Å². The Morgan fingerprint density at radius 1 is 1.17 bits per heavy atom. The highest BCUT2D eigenvalue weighted by atomic mass is 28.4. The molecule has 1 atom stereocenters. The van der Waals surface area contributed by atoms with Crippen LogP contribution in [0.15, 0.2) is 30.3 Å². The van der Waals surface area contributed by atoms with E-state index in [0.717, 1.165) is 12.0 Å². The van der Waals surface area contributed by atoms with Crippen LogP contribution in [0.25, 0.3) is 0 Å². The second kappa shape index (κ2) is 6.03. The van der Waals surface area contributed by atoms with Gasteiger partial charge in [0.05, 0.1) is 0 Å². The van der Waals surface area contributed by atoms with E-state index in [9.17, 15) is 0 Å². The quantitative estimate of drug-likeness (QED) is 0.706. The molecule has 1 aliphatic carbocycles. The van der Waals surface area contributed by atoms with E-state index in [1.165, 1.54) is 31.2 Å². The first-order chi connectivity index (χ1) is 8.57. The standard InChI is InChI=1S/C16H26OSi/c1-14(16-11-7-8-12-16)17-18(2,3)13-15-9-5-4-6-10-15/h4-6,9-10,14,16H,7-8,11-13H2,1-3H3. The van der Waals surface area contributed by atoms with E-state index in [1.807, 2.05) is 0 Å². The first-order valence-electron chi connectivity index (χ1n) is 7.28. The van der Waals surface area contributed by atoms with Gasteiger partial charge in [-0.2, -0.15) is 0 Å². The van der Waals surface area contributed by atoms with E-state index < -0.39 is 8.32 Å². The summed E-state index contributed by atoms with van der Waals surface area (Å²) in [5, 5.41) is 0. The fraction of sp³-hybridized carbons (Fsp3) is 0.625. The molecule has 1 aromatic rings. The third kappa shape index (κ3) is 3.96. The lowest BCUT2D eigenvalue weighted by molar-refractivity contribution is 0.144. The van der Waals surface area contributed by atoms with E-state index in [2.05, 4.69) is 50.3 Å². The van der Waals surface area contributed by atoms with Gasteiger partial charge in [0, 0.05) is 6.10 Å². The van der Waals surface area contributed by atoms with E-state index in [1.54, 1.807) is 0 Å². The monoisotopic (exact) mass is 262 g/mol. The summed E-state index contributed by atoms with van der Waals surface area (Å²) in [7, 11) is -1.57. The van der Waals surface area contributed by atoms with Gasteiger partial charge >= 0.3 is 0 Å². The third-order valence-electron chi connectivity index (χ3n) is 4.04. The van der Waals surface area contributed by atoms with Crippen LogP contribution >= 0.6 is 0 Å². The van der Waals surface area contributed by atoms with Gasteiger partial charge in [-0.1, -0.05) is 43.2 Å². The molecule has 0 radical (unpaired) electrons. The van der Waals surface area contributed by atoms with Crippen molar-refractivity contribution >= 4 is 8.32 Å². The van der Waals surface area contributed by atoms with E-state index >= 15 is 0 Å². The van der Waals surface area contributed by atoms with Gasteiger partial charge in [0.25, 0.3) is 0 Å². The van der Waals surface area contributed by atoms with Crippen LogP contribution in [0.4, 0.5) is 0 Å². The molecule has 100 valence electrons. The molecule has 0 heterocycles. The maximum Gasteiger partial charge on any atom is 0.191 e. The van der Waals surface area contributed by atoms with Crippen molar-refractivity contribution in [3.8, 4) is 0 Å². The number of hydrogen-bond donors (Lipinski definition) is 0. The van der Waals surface area contributed by atoms with Crippen molar-refractivity contribution in [3.05, 3.63) is 35.9 Å². The summed E-state index contributed by atoms with van der Waals surface area (Å²) in [5.41, 5.74) is 1.42. The fourth-order valence-corrected chi connectivity index (χ4v) is 5.66. The molecule has 1 nitrogen and oxygen atoms in total. The Bertz CT molecular complexity index is 355.